The molecule has 1 saturated heterocycles. The van der Waals surface area contributed by atoms with Crippen molar-refractivity contribution in [1.29, 1.82) is 5.26 Å². The number of alkyl halides is 1. The Labute approximate surface area is 153 Å². The normalized spacial score (nSPS) is 21.4. The lowest BCUT2D eigenvalue weighted by atomic mass is 9.79. The highest BCUT2D eigenvalue weighted by atomic mass is 35.5. The predicted molar refractivity (Wildman–Crippen MR) is 94.4 cm³/mol. The van der Waals surface area contributed by atoms with E-state index in [9.17, 15) is 13.6 Å². The van der Waals surface area contributed by atoms with E-state index in [4.69, 9.17) is 11.0 Å². The molecule has 3 atom stereocenters. The van der Waals surface area contributed by atoms with Crippen LogP contribution >= 0.6 is 12.4 Å². The molecule has 7 heteroatoms. The third-order valence-electron chi connectivity index (χ3n) is 4.76. The van der Waals surface area contributed by atoms with E-state index in [1.165, 1.54) is 17.0 Å². The van der Waals surface area contributed by atoms with Crippen LogP contribution in [0.5, 0.6) is 0 Å². The lowest BCUT2D eigenvalue weighted by Gasteiger charge is -2.34. The van der Waals surface area contributed by atoms with E-state index in [1.54, 1.807) is 12.1 Å². The third-order valence-corrected chi connectivity index (χ3v) is 4.76. The molecule has 1 fully saturated rings. The van der Waals surface area contributed by atoms with E-state index in [0.717, 1.165) is 5.56 Å². The molecule has 0 unspecified atom stereocenters. The average Bonchev–Trinajstić information content (AvgIpc) is 2.94. The van der Waals surface area contributed by atoms with Crippen molar-refractivity contribution in [3.63, 3.8) is 0 Å². The summed E-state index contributed by atoms with van der Waals surface area (Å²) in [7, 11) is 0. The van der Waals surface area contributed by atoms with Crippen LogP contribution in [-0.2, 0) is 11.2 Å². The van der Waals surface area contributed by atoms with Gasteiger partial charge in [0.25, 0.3) is 0 Å². The van der Waals surface area contributed by atoms with E-state index < -0.39 is 23.7 Å². The van der Waals surface area contributed by atoms with Gasteiger partial charge in [-0.25, -0.2) is 8.78 Å². The van der Waals surface area contributed by atoms with Crippen molar-refractivity contribution in [2.24, 2.45) is 11.1 Å². The monoisotopic (exact) mass is 371 g/mol. The highest BCUT2D eigenvalue weighted by Crippen LogP contribution is 2.30. The molecule has 0 aromatic heterocycles. The van der Waals surface area contributed by atoms with Crippen molar-refractivity contribution >= 4 is 18.3 Å². The first-order chi connectivity index (χ1) is 11.2. The number of likely N-dealkylation sites (tertiary alicyclic amines) is 1. The highest BCUT2D eigenvalue weighted by molar-refractivity contribution is 5.85. The van der Waals surface area contributed by atoms with Crippen molar-refractivity contribution < 1.29 is 13.6 Å². The van der Waals surface area contributed by atoms with Crippen LogP contribution in [0.4, 0.5) is 8.78 Å². The third kappa shape index (κ3) is 5.13. The SMILES string of the molecule is CC(C)(CCc1ccc(F)cc1)[C@H](N)C(=O)N1C[C@@H](F)C[C@H]1C#N.Cl. The van der Waals surface area contributed by atoms with Gasteiger partial charge in [0, 0.05) is 6.42 Å². The standard InChI is InChI=1S/C18H23F2N3O.ClH/c1-18(2,8-7-12-3-5-13(19)6-4-12)16(22)17(24)23-11-14(20)9-15(23)10-21;/h3-6,14-16H,7-9,11,22H2,1-2H3;1H/t14-,15-,16+;/m0./s1. The van der Waals surface area contributed by atoms with Crippen LogP contribution in [0.2, 0.25) is 0 Å². The first kappa shape index (κ1) is 21.3. The lowest BCUT2D eigenvalue weighted by molar-refractivity contribution is -0.135. The number of nitriles is 1. The molecule has 1 amide bonds. The lowest BCUT2D eigenvalue weighted by Crippen LogP contribution is -2.52. The van der Waals surface area contributed by atoms with Gasteiger partial charge in [-0.05, 0) is 36.0 Å². The second-order valence-corrected chi connectivity index (χ2v) is 7.06. The summed E-state index contributed by atoms with van der Waals surface area (Å²) in [5.74, 6) is -0.673. The number of hydrogen-bond acceptors (Lipinski definition) is 3. The fraction of sp³-hybridized carbons (Fsp3) is 0.556. The Morgan fingerprint density at radius 2 is 2.04 bits per heavy atom. The second-order valence-electron chi connectivity index (χ2n) is 7.06. The molecule has 0 radical (unpaired) electrons. The summed E-state index contributed by atoms with van der Waals surface area (Å²) >= 11 is 0. The van der Waals surface area contributed by atoms with Crippen LogP contribution in [0.1, 0.15) is 32.3 Å². The fourth-order valence-corrected chi connectivity index (χ4v) is 2.94. The van der Waals surface area contributed by atoms with Gasteiger partial charge in [0.1, 0.15) is 18.0 Å². The Hall–Kier alpha value is -1.71. The largest absolute Gasteiger partial charge is 0.322 e. The van der Waals surface area contributed by atoms with Crippen molar-refractivity contribution in [2.75, 3.05) is 6.54 Å². The number of rotatable bonds is 5. The molecule has 0 saturated carbocycles. The maximum Gasteiger partial charge on any atom is 0.241 e. The molecule has 1 heterocycles. The van der Waals surface area contributed by atoms with Crippen LogP contribution in [0.15, 0.2) is 24.3 Å². The summed E-state index contributed by atoms with van der Waals surface area (Å²) in [4.78, 5) is 13.9. The molecule has 0 bridgehead atoms. The minimum Gasteiger partial charge on any atom is -0.322 e. The molecule has 1 aromatic carbocycles. The fourth-order valence-electron chi connectivity index (χ4n) is 2.94. The molecule has 1 aliphatic rings. The molecule has 4 nitrogen and oxygen atoms in total. The molecule has 0 spiro atoms. The number of halogens is 3. The van der Waals surface area contributed by atoms with Gasteiger partial charge >= 0.3 is 0 Å². The van der Waals surface area contributed by atoms with Crippen molar-refractivity contribution in [3.05, 3.63) is 35.6 Å². The van der Waals surface area contributed by atoms with Gasteiger partial charge in [0.15, 0.2) is 0 Å². The molecule has 138 valence electrons. The number of amides is 1. The molecular weight excluding hydrogens is 348 g/mol. The number of aryl methyl sites for hydroxylation is 1. The summed E-state index contributed by atoms with van der Waals surface area (Å²) < 4.78 is 26.5. The van der Waals surface area contributed by atoms with E-state index in [-0.39, 0.29) is 37.1 Å². The van der Waals surface area contributed by atoms with E-state index in [0.29, 0.717) is 12.8 Å². The van der Waals surface area contributed by atoms with Gasteiger partial charge in [-0.3, -0.25) is 4.79 Å². The number of hydrogen-bond donors (Lipinski definition) is 1. The molecule has 25 heavy (non-hydrogen) atoms. The zero-order chi connectivity index (χ0) is 17.9. The predicted octanol–water partition coefficient (Wildman–Crippen LogP) is 3.00. The van der Waals surface area contributed by atoms with Crippen LogP contribution < -0.4 is 5.73 Å². The van der Waals surface area contributed by atoms with Crippen LogP contribution in [0.3, 0.4) is 0 Å². The van der Waals surface area contributed by atoms with E-state index in [1.807, 2.05) is 19.9 Å². The Morgan fingerprint density at radius 3 is 2.60 bits per heavy atom. The minimum absolute atomic E-state index is 0. The first-order valence-electron chi connectivity index (χ1n) is 8.09. The summed E-state index contributed by atoms with van der Waals surface area (Å²) in [6.07, 6.45) is 0.149. The van der Waals surface area contributed by atoms with Gasteiger partial charge in [0.2, 0.25) is 5.91 Å². The number of carbonyl (C=O) groups excluding carboxylic acids is 1. The summed E-state index contributed by atoms with van der Waals surface area (Å²) in [5.41, 5.74) is 6.58. The van der Waals surface area contributed by atoms with Crippen molar-refractivity contribution in [1.82, 2.24) is 4.90 Å². The maximum absolute atomic E-state index is 13.5. The van der Waals surface area contributed by atoms with Gasteiger partial charge in [-0.15, -0.1) is 12.4 Å². The van der Waals surface area contributed by atoms with Gasteiger partial charge in [0.05, 0.1) is 18.7 Å². The zero-order valence-corrected chi connectivity index (χ0v) is 15.2. The van der Waals surface area contributed by atoms with Crippen molar-refractivity contribution in [3.8, 4) is 6.07 Å². The summed E-state index contributed by atoms with van der Waals surface area (Å²) in [5, 5.41) is 9.08. The minimum atomic E-state index is -1.17. The topological polar surface area (TPSA) is 70.1 Å². The molecule has 1 aliphatic heterocycles. The van der Waals surface area contributed by atoms with Gasteiger partial charge in [-0.2, -0.15) is 5.26 Å². The van der Waals surface area contributed by atoms with Crippen LogP contribution in [-0.4, -0.2) is 35.6 Å². The number of benzene rings is 1. The zero-order valence-electron chi connectivity index (χ0n) is 14.4. The summed E-state index contributed by atoms with van der Waals surface area (Å²) in [6, 6.07) is 6.62. The quantitative estimate of drug-likeness (QED) is 0.864. The van der Waals surface area contributed by atoms with E-state index in [2.05, 4.69) is 0 Å². The molecule has 2 N–H and O–H groups in total. The van der Waals surface area contributed by atoms with E-state index >= 15 is 0 Å². The molecule has 2 rings (SSSR count). The Kier molecular flexibility index (Phi) is 7.33. The Balaban J connectivity index is 0.00000312. The Morgan fingerprint density at radius 1 is 1.44 bits per heavy atom. The second kappa shape index (κ2) is 8.59. The molecule has 0 aliphatic carbocycles. The molecular formula is C18H24ClF2N3O. The molecule has 1 aromatic rings. The summed E-state index contributed by atoms with van der Waals surface area (Å²) in [6.45, 7) is 3.69. The van der Waals surface area contributed by atoms with Gasteiger partial charge in [-0.1, -0.05) is 26.0 Å². The van der Waals surface area contributed by atoms with Crippen molar-refractivity contribution in [2.45, 2.75) is 51.4 Å². The first-order valence-corrected chi connectivity index (χ1v) is 8.09. The Bertz CT molecular complexity index is 630. The number of nitrogens with two attached hydrogens (primary N) is 1. The van der Waals surface area contributed by atoms with Gasteiger partial charge < -0.3 is 10.6 Å². The van der Waals surface area contributed by atoms with Crippen LogP contribution in [0.25, 0.3) is 0 Å². The maximum atomic E-state index is 13.5. The van der Waals surface area contributed by atoms with Crippen LogP contribution in [0, 0.1) is 22.6 Å². The smallest absolute Gasteiger partial charge is 0.241 e. The highest BCUT2D eigenvalue weighted by Gasteiger charge is 2.41. The number of carbonyl (C=O) groups is 1. The average molecular weight is 372 g/mol. The number of nitrogens with zero attached hydrogens (tertiary/aromatic N) is 2.